The van der Waals surface area contributed by atoms with E-state index in [0.717, 1.165) is 26.2 Å². The van der Waals surface area contributed by atoms with Crippen molar-refractivity contribution in [2.45, 2.75) is 39.8 Å². The maximum Gasteiger partial charge on any atom is 0.325 e. The number of imide groups is 1. The van der Waals surface area contributed by atoms with Gasteiger partial charge in [-0.3, -0.25) is 19.3 Å². The van der Waals surface area contributed by atoms with Gasteiger partial charge in [0.1, 0.15) is 6.04 Å². The van der Waals surface area contributed by atoms with Gasteiger partial charge in [0.05, 0.1) is 18.0 Å². The Balaban J connectivity index is 1.37. The monoisotopic (exact) mass is 466 g/mol. The molecule has 1 aromatic carbocycles. The highest BCUT2D eigenvalue weighted by atomic mass is 32.1. The maximum atomic E-state index is 12.9. The summed E-state index contributed by atoms with van der Waals surface area (Å²) in [4.78, 5) is 55.5. The number of thiophene rings is 1. The summed E-state index contributed by atoms with van der Waals surface area (Å²) in [6.07, 6.45) is 2.18. The first-order valence-electron chi connectivity index (χ1n) is 10.7. The predicted molar refractivity (Wildman–Crippen MR) is 126 cm³/mol. The molecular formula is C24H26N4O4S. The second-order valence-electron chi connectivity index (χ2n) is 9.11. The van der Waals surface area contributed by atoms with E-state index in [9.17, 15) is 19.2 Å². The molecule has 0 radical (unpaired) electrons. The lowest BCUT2D eigenvalue weighted by Crippen LogP contribution is -2.36. The van der Waals surface area contributed by atoms with E-state index >= 15 is 0 Å². The number of ketones is 1. The molecule has 0 saturated carbocycles. The SMILES string of the molecule is CC(C)(C)C(=O)NCc1ccc(C(=O)CN2C(=O)N[C@@H](Cc3c[nH]c4ccccc34)C2=O)s1. The highest BCUT2D eigenvalue weighted by Crippen LogP contribution is 2.23. The fourth-order valence-electron chi connectivity index (χ4n) is 3.66. The average Bonchev–Trinajstić information content (AvgIpc) is 3.47. The van der Waals surface area contributed by atoms with Gasteiger partial charge in [-0.15, -0.1) is 11.3 Å². The Morgan fingerprint density at radius 3 is 2.64 bits per heavy atom. The topological polar surface area (TPSA) is 111 Å². The number of fused-ring (bicyclic) bond motifs is 1. The van der Waals surface area contributed by atoms with Crippen molar-refractivity contribution in [3.8, 4) is 0 Å². The third-order valence-corrected chi connectivity index (χ3v) is 6.67. The van der Waals surface area contributed by atoms with Crippen molar-refractivity contribution in [1.82, 2.24) is 20.5 Å². The van der Waals surface area contributed by atoms with Crippen LogP contribution < -0.4 is 10.6 Å². The van der Waals surface area contributed by atoms with Crippen LogP contribution in [0.25, 0.3) is 10.9 Å². The molecule has 1 saturated heterocycles. The van der Waals surface area contributed by atoms with Crippen LogP contribution in [0.5, 0.6) is 0 Å². The summed E-state index contributed by atoms with van der Waals surface area (Å²) in [5.74, 6) is -0.804. The van der Waals surface area contributed by atoms with Gasteiger partial charge in [0, 0.05) is 33.8 Å². The van der Waals surface area contributed by atoms with Gasteiger partial charge in [0.2, 0.25) is 5.91 Å². The summed E-state index contributed by atoms with van der Waals surface area (Å²) >= 11 is 1.25. The fraction of sp³-hybridized carbons (Fsp3) is 0.333. The lowest BCUT2D eigenvalue weighted by atomic mass is 9.96. The molecule has 4 rings (SSSR count). The van der Waals surface area contributed by atoms with E-state index in [2.05, 4.69) is 15.6 Å². The third kappa shape index (κ3) is 4.83. The number of aromatic nitrogens is 1. The number of rotatable bonds is 7. The highest BCUT2D eigenvalue weighted by Gasteiger charge is 2.39. The van der Waals surface area contributed by atoms with Crippen LogP contribution >= 0.6 is 11.3 Å². The quantitative estimate of drug-likeness (QED) is 0.367. The third-order valence-electron chi connectivity index (χ3n) is 5.55. The molecule has 9 heteroatoms. The van der Waals surface area contributed by atoms with Crippen LogP contribution in [-0.2, 0) is 22.6 Å². The van der Waals surface area contributed by atoms with Crippen molar-refractivity contribution in [2.75, 3.05) is 6.54 Å². The first-order valence-corrected chi connectivity index (χ1v) is 11.5. The number of carbonyl (C=O) groups excluding carboxylic acids is 4. The first kappa shape index (κ1) is 22.7. The summed E-state index contributed by atoms with van der Waals surface area (Å²) < 4.78 is 0. The molecule has 1 aliphatic rings. The zero-order chi connectivity index (χ0) is 23.8. The summed E-state index contributed by atoms with van der Waals surface area (Å²) in [5.41, 5.74) is 1.39. The van der Waals surface area contributed by atoms with Crippen LogP contribution in [-0.4, -0.2) is 46.1 Å². The number of H-pyrrole nitrogens is 1. The number of Topliss-reactive ketones (excluding diaryl/α,β-unsaturated/α-hetero) is 1. The molecule has 3 aromatic rings. The summed E-state index contributed by atoms with van der Waals surface area (Å²) in [5, 5.41) is 6.54. The lowest BCUT2D eigenvalue weighted by molar-refractivity contribution is -0.128. The zero-order valence-electron chi connectivity index (χ0n) is 18.7. The van der Waals surface area contributed by atoms with Gasteiger partial charge in [-0.2, -0.15) is 0 Å². The minimum absolute atomic E-state index is 0.0793. The molecule has 172 valence electrons. The van der Waals surface area contributed by atoms with Crippen LogP contribution in [0.4, 0.5) is 4.79 Å². The second kappa shape index (κ2) is 8.82. The normalized spacial score (nSPS) is 16.3. The van der Waals surface area contributed by atoms with Crippen molar-refractivity contribution < 1.29 is 19.2 Å². The molecule has 2 aromatic heterocycles. The molecule has 0 bridgehead atoms. The molecule has 1 atom stereocenters. The summed E-state index contributed by atoms with van der Waals surface area (Å²) in [6.45, 7) is 5.49. The summed E-state index contributed by atoms with van der Waals surface area (Å²) in [6, 6.07) is 9.91. The molecule has 0 spiro atoms. The molecule has 8 nitrogen and oxygen atoms in total. The molecular weight excluding hydrogens is 440 g/mol. The molecule has 3 N–H and O–H groups in total. The number of amides is 4. The fourth-order valence-corrected chi connectivity index (χ4v) is 4.54. The van der Waals surface area contributed by atoms with Crippen LogP contribution in [0.3, 0.4) is 0 Å². The number of hydrogen-bond donors (Lipinski definition) is 3. The minimum Gasteiger partial charge on any atom is -0.361 e. The van der Waals surface area contributed by atoms with Crippen molar-refractivity contribution in [1.29, 1.82) is 0 Å². The number of urea groups is 1. The van der Waals surface area contributed by atoms with Crippen LogP contribution in [0, 0.1) is 5.41 Å². The number of nitrogens with one attached hydrogen (secondary N) is 3. The second-order valence-corrected chi connectivity index (χ2v) is 10.3. The number of benzene rings is 1. The van der Waals surface area contributed by atoms with Crippen LogP contribution in [0.15, 0.2) is 42.6 Å². The van der Waals surface area contributed by atoms with Crippen molar-refractivity contribution in [3.63, 3.8) is 0 Å². The Bertz CT molecular complexity index is 1240. The molecule has 4 amide bonds. The molecule has 0 unspecified atom stereocenters. The van der Waals surface area contributed by atoms with Gasteiger partial charge in [-0.25, -0.2) is 4.79 Å². The smallest absolute Gasteiger partial charge is 0.325 e. The Hall–Kier alpha value is -3.46. The Morgan fingerprint density at radius 2 is 1.88 bits per heavy atom. The number of hydrogen-bond acceptors (Lipinski definition) is 5. The predicted octanol–water partition coefficient (Wildman–Crippen LogP) is 3.24. The van der Waals surface area contributed by atoms with Gasteiger partial charge in [0.15, 0.2) is 5.78 Å². The van der Waals surface area contributed by atoms with E-state index in [4.69, 9.17) is 0 Å². The Kier molecular flexibility index (Phi) is 6.07. The van der Waals surface area contributed by atoms with Crippen molar-refractivity contribution in [3.05, 3.63) is 57.9 Å². The number of aromatic amines is 1. The number of nitrogens with zero attached hydrogens (tertiary/aromatic N) is 1. The molecule has 3 heterocycles. The van der Waals surface area contributed by atoms with Gasteiger partial charge >= 0.3 is 6.03 Å². The molecule has 0 aliphatic carbocycles. The van der Waals surface area contributed by atoms with E-state index in [-0.39, 0.29) is 18.2 Å². The van der Waals surface area contributed by atoms with E-state index in [0.29, 0.717) is 17.8 Å². The lowest BCUT2D eigenvalue weighted by Gasteiger charge is -2.17. The van der Waals surface area contributed by atoms with E-state index in [1.54, 1.807) is 12.1 Å². The molecule has 33 heavy (non-hydrogen) atoms. The van der Waals surface area contributed by atoms with Gasteiger partial charge < -0.3 is 15.6 Å². The van der Waals surface area contributed by atoms with Crippen molar-refractivity contribution >= 4 is 45.9 Å². The highest BCUT2D eigenvalue weighted by molar-refractivity contribution is 7.14. The van der Waals surface area contributed by atoms with Crippen LogP contribution in [0.2, 0.25) is 0 Å². The van der Waals surface area contributed by atoms with Crippen LogP contribution in [0.1, 0.15) is 40.9 Å². The largest absolute Gasteiger partial charge is 0.361 e. The Morgan fingerprint density at radius 1 is 1.12 bits per heavy atom. The first-order chi connectivity index (χ1) is 15.6. The van der Waals surface area contributed by atoms with Gasteiger partial charge in [-0.05, 0) is 23.8 Å². The van der Waals surface area contributed by atoms with E-state index < -0.39 is 23.4 Å². The van der Waals surface area contributed by atoms with E-state index in [1.165, 1.54) is 11.3 Å². The summed E-state index contributed by atoms with van der Waals surface area (Å²) in [7, 11) is 0. The van der Waals surface area contributed by atoms with E-state index in [1.807, 2.05) is 51.2 Å². The van der Waals surface area contributed by atoms with Gasteiger partial charge in [-0.1, -0.05) is 39.0 Å². The number of para-hydroxylation sites is 1. The maximum absolute atomic E-state index is 12.9. The molecule has 1 aliphatic heterocycles. The molecule has 1 fully saturated rings. The number of carbonyl (C=O) groups is 4. The minimum atomic E-state index is -0.712. The average molecular weight is 467 g/mol. The zero-order valence-corrected chi connectivity index (χ0v) is 19.5. The van der Waals surface area contributed by atoms with Crippen molar-refractivity contribution in [2.24, 2.45) is 5.41 Å². The van der Waals surface area contributed by atoms with Gasteiger partial charge in [0.25, 0.3) is 5.91 Å². The standard InChI is InChI=1S/C24H26N4O4S/c1-24(2,3)22(31)26-12-15-8-9-20(33-15)19(29)13-28-21(30)18(27-23(28)32)10-14-11-25-17-7-5-4-6-16(14)17/h4-9,11,18,25H,10,12-13H2,1-3H3,(H,26,31)(H,27,32)/t18-/m0/s1. The Labute approximate surface area is 195 Å².